The lowest BCUT2D eigenvalue weighted by molar-refractivity contribution is 0.0734. The maximum absolute atomic E-state index is 12.5. The quantitative estimate of drug-likeness (QED) is 0.145. The van der Waals surface area contributed by atoms with E-state index in [4.69, 9.17) is 9.47 Å². The van der Waals surface area contributed by atoms with Crippen molar-refractivity contribution in [3.05, 3.63) is 59.7 Å². The minimum atomic E-state index is -0.330. The molecule has 192 valence electrons. The summed E-state index contributed by atoms with van der Waals surface area (Å²) in [7, 11) is 0. The molecule has 2 aromatic carbocycles. The SMILES string of the molecule is CCCCCCCc1ccc(OC(=O)c2ccc(OCCCC3CCCCC3CCC)cc2)cc1. The number of hydrogen-bond donors (Lipinski definition) is 0. The predicted molar refractivity (Wildman–Crippen MR) is 145 cm³/mol. The van der Waals surface area contributed by atoms with Gasteiger partial charge in [0.05, 0.1) is 12.2 Å². The molecule has 3 nitrogen and oxygen atoms in total. The van der Waals surface area contributed by atoms with Crippen LogP contribution in [-0.4, -0.2) is 12.6 Å². The third kappa shape index (κ3) is 9.70. The van der Waals surface area contributed by atoms with Crippen LogP contribution < -0.4 is 9.47 Å². The van der Waals surface area contributed by atoms with E-state index in [9.17, 15) is 4.79 Å². The van der Waals surface area contributed by atoms with Gasteiger partial charge in [0, 0.05) is 0 Å². The van der Waals surface area contributed by atoms with Gasteiger partial charge >= 0.3 is 5.97 Å². The van der Waals surface area contributed by atoms with Crippen molar-refractivity contribution in [1.82, 2.24) is 0 Å². The second kappa shape index (κ2) is 15.7. The Morgan fingerprint density at radius 2 is 1.40 bits per heavy atom. The lowest BCUT2D eigenvalue weighted by Crippen LogP contribution is -2.20. The Balaban J connectivity index is 1.37. The molecular weight excluding hydrogens is 432 g/mol. The van der Waals surface area contributed by atoms with Crippen molar-refractivity contribution in [2.24, 2.45) is 11.8 Å². The van der Waals surface area contributed by atoms with Gasteiger partial charge in [0.1, 0.15) is 11.5 Å². The van der Waals surface area contributed by atoms with Gasteiger partial charge in [-0.2, -0.15) is 0 Å². The minimum absolute atomic E-state index is 0.330. The van der Waals surface area contributed by atoms with Crippen LogP contribution in [0, 0.1) is 11.8 Å². The Bertz CT molecular complexity index is 838. The zero-order chi connectivity index (χ0) is 24.7. The fraction of sp³-hybridized carbons (Fsp3) is 0.594. The number of rotatable bonds is 15. The van der Waals surface area contributed by atoms with E-state index < -0.39 is 0 Å². The molecule has 35 heavy (non-hydrogen) atoms. The normalized spacial score (nSPS) is 17.8. The zero-order valence-electron chi connectivity index (χ0n) is 22.1. The van der Waals surface area contributed by atoms with Crippen molar-refractivity contribution in [1.29, 1.82) is 0 Å². The molecule has 0 N–H and O–H groups in total. The summed E-state index contributed by atoms with van der Waals surface area (Å²) in [6.07, 6.45) is 18.2. The van der Waals surface area contributed by atoms with Gasteiger partial charge < -0.3 is 9.47 Å². The molecule has 2 aromatic rings. The molecule has 3 rings (SSSR count). The van der Waals surface area contributed by atoms with Crippen LogP contribution in [0.4, 0.5) is 0 Å². The third-order valence-corrected chi connectivity index (χ3v) is 7.51. The average molecular weight is 479 g/mol. The van der Waals surface area contributed by atoms with Gasteiger partial charge in [0.25, 0.3) is 0 Å². The number of carbonyl (C=O) groups is 1. The summed E-state index contributed by atoms with van der Waals surface area (Å²) in [6, 6.07) is 15.3. The van der Waals surface area contributed by atoms with E-state index in [1.807, 2.05) is 24.3 Å². The number of ether oxygens (including phenoxy) is 2. The molecule has 0 heterocycles. The molecular formula is C32H46O3. The maximum Gasteiger partial charge on any atom is 0.343 e. The van der Waals surface area contributed by atoms with E-state index in [1.165, 1.54) is 82.6 Å². The number of benzene rings is 2. The van der Waals surface area contributed by atoms with Crippen LogP contribution in [0.25, 0.3) is 0 Å². The van der Waals surface area contributed by atoms with Crippen molar-refractivity contribution in [3.8, 4) is 11.5 Å². The zero-order valence-corrected chi connectivity index (χ0v) is 22.1. The van der Waals surface area contributed by atoms with Crippen molar-refractivity contribution < 1.29 is 14.3 Å². The van der Waals surface area contributed by atoms with E-state index in [0.29, 0.717) is 11.3 Å². The van der Waals surface area contributed by atoms with Gasteiger partial charge in [-0.3, -0.25) is 0 Å². The predicted octanol–water partition coefficient (Wildman–Crippen LogP) is 9.18. The molecule has 1 aliphatic carbocycles. The molecule has 0 spiro atoms. The van der Waals surface area contributed by atoms with Crippen LogP contribution in [0.15, 0.2) is 48.5 Å². The first kappa shape index (κ1) is 27.3. The van der Waals surface area contributed by atoms with Crippen molar-refractivity contribution in [2.45, 2.75) is 104 Å². The van der Waals surface area contributed by atoms with E-state index in [-0.39, 0.29) is 5.97 Å². The standard InChI is InChI=1S/C32H46O3/c1-3-5-6-7-8-13-26-17-21-31(22-18-26)35-32(33)29-19-23-30(24-20-29)34-25-11-16-28-15-10-9-14-27(28)12-4-2/h17-24,27-28H,3-16,25H2,1-2H3. The van der Waals surface area contributed by atoms with E-state index in [1.54, 1.807) is 12.1 Å². The Labute approximate surface area is 213 Å². The second-order valence-electron chi connectivity index (χ2n) is 10.3. The molecule has 0 radical (unpaired) electrons. The largest absolute Gasteiger partial charge is 0.494 e. The van der Waals surface area contributed by atoms with E-state index in [0.717, 1.165) is 37.0 Å². The third-order valence-electron chi connectivity index (χ3n) is 7.51. The van der Waals surface area contributed by atoms with E-state index in [2.05, 4.69) is 26.0 Å². The van der Waals surface area contributed by atoms with Gasteiger partial charge in [0.15, 0.2) is 0 Å². The summed E-state index contributed by atoms with van der Waals surface area (Å²) < 4.78 is 11.5. The molecule has 0 aliphatic heterocycles. The Kier molecular flexibility index (Phi) is 12.2. The van der Waals surface area contributed by atoms with Crippen LogP contribution in [0.5, 0.6) is 11.5 Å². The summed E-state index contributed by atoms with van der Waals surface area (Å²) in [4.78, 5) is 12.5. The van der Waals surface area contributed by atoms with Crippen LogP contribution in [0.3, 0.4) is 0 Å². The molecule has 1 fully saturated rings. The van der Waals surface area contributed by atoms with Crippen LogP contribution >= 0.6 is 0 Å². The number of unbranched alkanes of at least 4 members (excludes halogenated alkanes) is 4. The molecule has 2 unspecified atom stereocenters. The highest BCUT2D eigenvalue weighted by molar-refractivity contribution is 5.91. The van der Waals surface area contributed by atoms with Crippen molar-refractivity contribution in [2.75, 3.05) is 6.61 Å². The highest BCUT2D eigenvalue weighted by atomic mass is 16.5. The molecule has 0 bridgehead atoms. The smallest absolute Gasteiger partial charge is 0.343 e. The number of aryl methyl sites for hydroxylation is 1. The van der Waals surface area contributed by atoms with Crippen LogP contribution in [-0.2, 0) is 6.42 Å². The summed E-state index contributed by atoms with van der Waals surface area (Å²) in [5.41, 5.74) is 1.84. The highest BCUT2D eigenvalue weighted by Gasteiger charge is 2.23. The highest BCUT2D eigenvalue weighted by Crippen LogP contribution is 2.36. The van der Waals surface area contributed by atoms with Gasteiger partial charge in [-0.15, -0.1) is 0 Å². The average Bonchev–Trinajstić information content (AvgIpc) is 2.89. The van der Waals surface area contributed by atoms with Gasteiger partial charge in [-0.1, -0.05) is 90.2 Å². The second-order valence-corrected chi connectivity index (χ2v) is 10.3. The molecule has 0 aromatic heterocycles. The molecule has 0 saturated heterocycles. The topological polar surface area (TPSA) is 35.5 Å². The summed E-state index contributed by atoms with van der Waals surface area (Å²) in [6.45, 7) is 5.29. The number of hydrogen-bond acceptors (Lipinski definition) is 3. The lowest BCUT2D eigenvalue weighted by Gasteiger charge is -2.31. The fourth-order valence-corrected chi connectivity index (χ4v) is 5.46. The summed E-state index contributed by atoms with van der Waals surface area (Å²) in [5.74, 6) is 2.88. The van der Waals surface area contributed by atoms with Gasteiger partial charge in [-0.25, -0.2) is 4.79 Å². The number of carbonyl (C=O) groups excluding carboxylic acids is 1. The first-order chi connectivity index (χ1) is 17.2. The van der Waals surface area contributed by atoms with Gasteiger partial charge in [0.2, 0.25) is 0 Å². The van der Waals surface area contributed by atoms with Crippen molar-refractivity contribution in [3.63, 3.8) is 0 Å². The molecule has 2 atom stereocenters. The maximum atomic E-state index is 12.5. The van der Waals surface area contributed by atoms with Gasteiger partial charge in [-0.05, 0) is 79.5 Å². The van der Waals surface area contributed by atoms with Crippen LogP contribution in [0.1, 0.15) is 113 Å². The first-order valence-electron chi connectivity index (χ1n) is 14.2. The summed E-state index contributed by atoms with van der Waals surface area (Å²) in [5, 5.41) is 0. The number of esters is 1. The van der Waals surface area contributed by atoms with Crippen molar-refractivity contribution >= 4 is 5.97 Å². The monoisotopic (exact) mass is 478 g/mol. The molecule has 3 heteroatoms. The minimum Gasteiger partial charge on any atom is -0.494 e. The summed E-state index contributed by atoms with van der Waals surface area (Å²) >= 11 is 0. The lowest BCUT2D eigenvalue weighted by atomic mass is 9.75. The fourth-order valence-electron chi connectivity index (χ4n) is 5.46. The molecule has 0 amide bonds. The Morgan fingerprint density at radius 1 is 0.743 bits per heavy atom. The molecule has 1 aliphatic rings. The van der Waals surface area contributed by atoms with E-state index >= 15 is 0 Å². The Morgan fingerprint density at radius 3 is 2.09 bits per heavy atom. The van der Waals surface area contributed by atoms with Crippen LogP contribution in [0.2, 0.25) is 0 Å². The first-order valence-corrected chi connectivity index (χ1v) is 14.2. The Hall–Kier alpha value is -2.29. The molecule has 1 saturated carbocycles.